The molecule has 4 aromatic rings. The number of thiazole rings is 1. The van der Waals surface area contributed by atoms with Crippen LogP contribution in [0.15, 0.2) is 54.7 Å². The summed E-state index contributed by atoms with van der Waals surface area (Å²) in [4.78, 5) is 23.1. The highest BCUT2D eigenvalue weighted by atomic mass is 32.1. The van der Waals surface area contributed by atoms with Gasteiger partial charge < -0.3 is 9.88 Å². The third-order valence-electron chi connectivity index (χ3n) is 5.45. The van der Waals surface area contributed by atoms with Gasteiger partial charge in [-0.15, -0.1) is 11.3 Å². The Hall–Kier alpha value is -2.66. The van der Waals surface area contributed by atoms with Crippen LogP contribution in [0.2, 0.25) is 0 Å². The van der Waals surface area contributed by atoms with Gasteiger partial charge >= 0.3 is 0 Å². The fourth-order valence-electron chi connectivity index (χ4n) is 4.08. The van der Waals surface area contributed by atoms with Crippen molar-refractivity contribution in [3.8, 4) is 0 Å². The van der Waals surface area contributed by atoms with E-state index in [9.17, 15) is 4.79 Å². The van der Waals surface area contributed by atoms with Gasteiger partial charge in [0, 0.05) is 30.1 Å². The predicted octanol–water partition coefficient (Wildman–Crippen LogP) is 5.07. The molecule has 0 saturated carbocycles. The van der Waals surface area contributed by atoms with Gasteiger partial charge in [-0.25, -0.2) is 4.98 Å². The van der Waals surface area contributed by atoms with Crippen LogP contribution >= 0.6 is 11.3 Å². The lowest BCUT2D eigenvalue weighted by atomic mass is 10.1. The van der Waals surface area contributed by atoms with E-state index in [1.54, 1.807) is 11.3 Å². The second kappa shape index (κ2) is 6.82. The first kappa shape index (κ1) is 16.5. The molecule has 2 aromatic heterocycles. The van der Waals surface area contributed by atoms with E-state index in [-0.39, 0.29) is 11.9 Å². The Morgan fingerprint density at radius 1 is 1.19 bits per heavy atom. The molecule has 1 unspecified atom stereocenters. The highest BCUT2D eigenvalue weighted by molar-refractivity contribution is 7.18. The Labute approximate surface area is 161 Å². The number of para-hydroxylation sites is 2. The lowest BCUT2D eigenvalue weighted by Crippen LogP contribution is -2.30. The van der Waals surface area contributed by atoms with E-state index in [4.69, 9.17) is 4.98 Å². The second-order valence-electron chi connectivity index (χ2n) is 7.12. The van der Waals surface area contributed by atoms with E-state index in [2.05, 4.69) is 23.2 Å². The van der Waals surface area contributed by atoms with E-state index in [1.807, 2.05) is 41.4 Å². The Morgan fingerprint density at radius 3 is 2.96 bits per heavy atom. The lowest BCUT2D eigenvalue weighted by Gasteiger charge is -2.23. The van der Waals surface area contributed by atoms with Gasteiger partial charge in [-0.3, -0.25) is 4.79 Å². The number of rotatable bonds is 4. The summed E-state index contributed by atoms with van der Waals surface area (Å²) in [6.07, 6.45) is 5.42. The third kappa shape index (κ3) is 3.02. The van der Waals surface area contributed by atoms with Crippen molar-refractivity contribution in [2.45, 2.75) is 31.7 Å². The van der Waals surface area contributed by atoms with E-state index < -0.39 is 0 Å². The normalized spacial score (nSPS) is 17.2. The van der Waals surface area contributed by atoms with Crippen LogP contribution in [-0.4, -0.2) is 27.3 Å². The summed E-state index contributed by atoms with van der Waals surface area (Å²) in [7, 11) is 0. The first-order chi connectivity index (χ1) is 13.3. The summed E-state index contributed by atoms with van der Waals surface area (Å²) in [5, 5.41) is 2.29. The van der Waals surface area contributed by atoms with Crippen molar-refractivity contribution >= 4 is 38.4 Å². The molecule has 5 rings (SSSR count). The number of hydrogen-bond donors (Lipinski definition) is 1. The number of amides is 1. The van der Waals surface area contributed by atoms with Crippen molar-refractivity contribution < 1.29 is 4.79 Å². The average molecular weight is 375 g/mol. The van der Waals surface area contributed by atoms with Crippen molar-refractivity contribution in [1.82, 2.24) is 14.9 Å². The van der Waals surface area contributed by atoms with Crippen LogP contribution in [0.3, 0.4) is 0 Å². The second-order valence-corrected chi connectivity index (χ2v) is 8.19. The van der Waals surface area contributed by atoms with E-state index in [0.717, 1.165) is 41.8 Å². The van der Waals surface area contributed by atoms with Gasteiger partial charge in [-0.05, 0) is 43.0 Å². The summed E-state index contributed by atoms with van der Waals surface area (Å²) in [6, 6.07) is 16.6. The van der Waals surface area contributed by atoms with E-state index in [0.29, 0.717) is 6.42 Å². The smallest absolute Gasteiger partial charge is 0.223 e. The van der Waals surface area contributed by atoms with Crippen LogP contribution in [0.25, 0.3) is 21.1 Å². The van der Waals surface area contributed by atoms with Gasteiger partial charge in [0.05, 0.1) is 16.3 Å². The summed E-state index contributed by atoms with van der Waals surface area (Å²) >= 11 is 1.72. The lowest BCUT2D eigenvalue weighted by molar-refractivity contribution is -0.132. The van der Waals surface area contributed by atoms with Gasteiger partial charge in [0.1, 0.15) is 5.01 Å². The molecule has 1 aliphatic heterocycles. The number of nitrogens with zero attached hydrogens (tertiary/aromatic N) is 2. The number of aromatic nitrogens is 2. The number of fused-ring (bicyclic) bond motifs is 2. The maximum absolute atomic E-state index is 13.0. The zero-order valence-corrected chi connectivity index (χ0v) is 15.8. The highest BCUT2D eigenvalue weighted by Crippen LogP contribution is 2.36. The molecular formula is C22H21N3OS. The van der Waals surface area contributed by atoms with E-state index in [1.165, 1.54) is 15.6 Å². The van der Waals surface area contributed by atoms with Crippen molar-refractivity contribution in [3.05, 3.63) is 65.3 Å². The van der Waals surface area contributed by atoms with Gasteiger partial charge in [0.15, 0.2) is 0 Å². The maximum atomic E-state index is 13.0. The molecule has 4 nitrogen and oxygen atoms in total. The quantitative estimate of drug-likeness (QED) is 0.541. The molecular weight excluding hydrogens is 354 g/mol. The van der Waals surface area contributed by atoms with Crippen molar-refractivity contribution in [3.63, 3.8) is 0 Å². The molecule has 0 bridgehead atoms. The van der Waals surface area contributed by atoms with Crippen LogP contribution < -0.4 is 0 Å². The molecule has 136 valence electrons. The number of benzene rings is 2. The third-order valence-corrected chi connectivity index (χ3v) is 6.59. The molecule has 0 radical (unpaired) electrons. The topological polar surface area (TPSA) is 49.0 Å². The average Bonchev–Trinajstić information content (AvgIpc) is 3.43. The highest BCUT2D eigenvalue weighted by Gasteiger charge is 2.31. The minimum Gasteiger partial charge on any atom is -0.361 e. The Morgan fingerprint density at radius 2 is 2.04 bits per heavy atom. The minimum absolute atomic E-state index is 0.137. The summed E-state index contributed by atoms with van der Waals surface area (Å²) in [5.74, 6) is 0.238. The van der Waals surface area contributed by atoms with Gasteiger partial charge in [0.25, 0.3) is 0 Å². The van der Waals surface area contributed by atoms with Crippen molar-refractivity contribution in [1.29, 1.82) is 0 Å². The molecule has 27 heavy (non-hydrogen) atoms. The molecule has 1 aliphatic rings. The molecule has 0 spiro atoms. The van der Waals surface area contributed by atoms with Crippen LogP contribution in [0.4, 0.5) is 0 Å². The van der Waals surface area contributed by atoms with Gasteiger partial charge in [-0.1, -0.05) is 30.3 Å². The number of likely N-dealkylation sites (tertiary alicyclic amines) is 1. The molecule has 1 fully saturated rings. The Bertz CT molecular complexity index is 1080. The summed E-state index contributed by atoms with van der Waals surface area (Å²) < 4.78 is 1.20. The van der Waals surface area contributed by atoms with Crippen molar-refractivity contribution in [2.75, 3.05) is 6.54 Å². The predicted molar refractivity (Wildman–Crippen MR) is 110 cm³/mol. The molecule has 2 aromatic carbocycles. The zero-order valence-electron chi connectivity index (χ0n) is 15.0. The number of carbonyl (C=O) groups excluding carboxylic acids is 1. The SMILES string of the molecule is O=C(CCc1c[nH]c2ccccc12)N1CCCC1c1nc2ccccc2s1. The largest absolute Gasteiger partial charge is 0.361 e. The number of carbonyl (C=O) groups is 1. The minimum atomic E-state index is 0.137. The fourth-order valence-corrected chi connectivity index (χ4v) is 5.19. The monoisotopic (exact) mass is 375 g/mol. The fraction of sp³-hybridized carbons (Fsp3) is 0.273. The molecule has 5 heteroatoms. The zero-order chi connectivity index (χ0) is 18.2. The Kier molecular flexibility index (Phi) is 4.17. The Balaban J connectivity index is 1.33. The first-order valence-electron chi connectivity index (χ1n) is 9.49. The number of hydrogen-bond acceptors (Lipinski definition) is 3. The molecule has 1 N–H and O–H groups in total. The number of aryl methyl sites for hydroxylation is 1. The first-order valence-corrected chi connectivity index (χ1v) is 10.3. The molecule has 1 atom stereocenters. The number of H-pyrrole nitrogens is 1. The molecule has 1 saturated heterocycles. The van der Waals surface area contributed by atoms with Gasteiger partial charge in [-0.2, -0.15) is 0 Å². The molecule has 0 aliphatic carbocycles. The summed E-state index contributed by atoms with van der Waals surface area (Å²) in [5.41, 5.74) is 3.39. The summed E-state index contributed by atoms with van der Waals surface area (Å²) in [6.45, 7) is 0.841. The number of nitrogens with one attached hydrogen (secondary N) is 1. The maximum Gasteiger partial charge on any atom is 0.223 e. The van der Waals surface area contributed by atoms with Crippen LogP contribution in [0, 0.1) is 0 Å². The van der Waals surface area contributed by atoms with Crippen LogP contribution in [-0.2, 0) is 11.2 Å². The van der Waals surface area contributed by atoms with Crippen LogP contribution in [0.5, 0.6) is 0 Å². The van der Waals surface area contributed by atoms with Gasteiger partial charge in [0.2, 0.25) is 5.91 Å². The van der Waals surface area contributed by atoms with Crippen LogP contribution in [0.1, 0.15) is 35.9 Å². The van der Waals surface area contributed by atoms with E-state index >= 15 is 0 Å². The van der Waals surface area contributed by atoms with Crippen molar-refractivity contribution in [2.24, 2.45) is 0 Å². The molecule has 3 heterocycles. The standard InChI is InChI=1S/C22H21N3OS/c26-21(12-11-15-14-23-17-7-2-1-6-16(15)17)25-13-5-9-19(25)22-24-18-8-3-4-10-20(18)27-22/h1-4,6-8,10,14,19,23H,5,9,11-13H2. The molecule has 1 amide bonds. The number of aromatic amines is 1.